The third-order valence-corrected chi connectivity index (χ3v) is 6.81. The predicted molar refractivity (Wildman–Crippen MR) is 99.5 cm³/mol. The van der Waals surface area contributed by atoms with E-state index in [4.69, 9.17) is 0 Å². The average Bonchev–Trinajstić information content (AvgIpc) is 3.04. The van der Waals surface area contributed by atoms with E-state index in [1.807, 2.05) is 0 Å². The zero-order valence-electron chi connectivity index (χ0n) is 14.1. The molecule has 3 heteroatoms. The third-order valence-electron chi connectivity index (χ3n) is 6.31. The van der Waals surface area contributed by atoms with Crippen molar-refractivity contribution in [3.8, 4) is 0 Å². The lowest BCUT2D eigenvalue weighted by Crippen LogP contribution is -2.59. The van der Waals surface area contributed by atoms with E-state index in [2.05, 4.69) is 50.0 Å². The molecule has 0 radical (unpaired) electrons. The maximum atomic E-state index is 3.64. The summed E-state index contributed by atoms with van der Waals surface area (Å²) in [5.41, 5.74) is 1.46. The monoisotopic (exact) mass is 376 g/mol. The van der Waals surface area contributed by atoms with Crippen molar-refractivity contribution in [2.45, 2.75) is 63.6 Å². The van der Waals surface area contributed by atoms with E-state index in [0.717, 1.165) is 24.5 Å². The number of fused-ring (bicyclic) bond motifs is 1. The summed E-state index contributed by atoms with van der Waals surface area (Å²) in [6.07, 6.45) is 10.1. The first-order valence-electron chi connectivity index (χ1n) is 9.54. The minimum Gasteiger partial charge on any atom is -0.298 e. The van der Waals surface area contributed by atoms with E-state index in [1.54, 1.807) is 0 Å². The van der Waals surface area contributed by atoms with Crippen LogP contribution in [-0.4, -0.2) is 41.5 Å². The van der Waals surface area contributed by atoms with Crippen molar-refractivity contribution >= 4 is 15.9 Å². The second-order valence-electron chi connectivity index (χ2n) is 7.73. The van der Waals surface area contributed by atoms with Gasteiger partial charge in [0, 0.05) is 36.2 Å². The molecule has 3 fully saturated rings. The van der Waals surface area contributed by atoms with Gasteiger partial charge in [-0.15, -0.1) is 0 Å². The molecule has 126 valence electrons. The Kier molecular flexibility index (Phi) is 5.07. The van der Waals surface area contributed by atoms with Gasteiger partial charge in [0.1, 0.15) is 0 Å². The molecule has 2 saturated heterocycles. The number of hydrogen-bond acceptors (Lipinski definition) is 2. The summed E-state index contributed by atoms with van der Waals surface area (Å²) in [4.78, 5) is 5.64. The summed E-state index contributed by atoms with van der Waals surface area (Å²) >= 11 is 3.64. The molecule has 4 rings (SSSR count). The molecule has 0 N–H and O–H groups in total. The molecule has 23 heavy (non-hydrogen) atoms. The number of piperazine rings is 1. The molecule has 1 aromatic carbocycles. The first-order chi connectivity index (χ1) is 11.3. The van der Waals surface area contributed by atoms with E-state index in [1.165, 1.54) is 74.6 Å². The molecule has 1 aliphatic carbocycles. The van der Waals surface area contributed by atoms with Crippen LogP contribution in [0.4, 0.5) is 0 Å². The molecule has 0 aromatic heterocycles. The van der Waals surface area contributed by atoms with Gasteiger partial charge in [-0.1, -0.05) is 47.3 Å². The molecule has 2 heterocycles. The number of hydrogen-bond donors (Lipinski definition) is 0. The summed E-state index contributed by atoms with van der Waals surface area (Å²) in [7, 11) is 0. The first kappa shape index (κ1) is 16.1. The Morgan fingerprint density at radius 2 is 1.83 bits per heavy atom. The summed E-state index contributed by atoms with van der Waals surface area (Å²) in [6, 6.07) is 10.5. The van der Waals surface area contributed by atoms with Crippen molar-refractivity contribution in [3.63, 3.8) is 0 Å². The van der Waals surface area contributed by atoms with Crippen molar-refractivity contribution in [2.24, 2.45) is 5.92 Å². The van der Waals surface area contributed by atoms with Gasteiger partial charge in [-0.2, -0.15) is 0 Å². The van der Waals surface area contributed by atoms with Crippen molar-refractivity contribution in [1.29, 1.82) is 0 Å². The quantitative estimate of drug-likeness (QED) is 0.755. The highest BCUT2D eigenvalue weighted by Gasteiger charge is 2.42. The Labute approximate surface area is 149 Å². The van der Waals surface area contributed by atoms with E-state index in [-0.39, 0.29) is 0 Å². The van der Waals surface area contributed by atoms with Crippen molar-refractivity contribution in [3.05, 3.63) is 34.3 Å². The van der Waals surface area contributed by atoms with Gasteiger partial charge in [0.05, 0.1) is 0 Å². The highest BCUT2D eigenvalue weighted by Crippen LogP contribution is 2.38. The molecule has 1 saturated carbocycles. The fraction of sp³-hybridized carbons (Fsp3) is 0.700. The highest BCUT2D eigenvalue weighted by atomic mass is 79.9. The molecule has 1 aromatic rings. The van der Waals surface area contributed by atoms with Crippen LogP contribution >= 0.6 is 15.9 Å². The van der Waals surface area contributed by atoms with Crippen LogP contribution in [0.5, 0.6) is 0 Å². The topological polar surface area (TPSA) is 6.48 Å². The van der Waals surface area contributed by atoms with Gasteiger partial charge >= 0.3 is 0 Å². The summed E-state index contributed by atoms with van der Waals surface area (Å²) in [5, 5.41) is 0. The molecule has 2 nitrogen and oxygen atoms in total. The summed E-state index contributed by atoms with van der Waals surface area (Å²) < 4.78 is 1.21. The second kappa shape index (κ2) is 7.25. The number of nitrogens with zero attached hydrogens (tertiary/aromatic N) is 2. The Hall–Kier alpha value is -0.380. The Balaban J connectivity index is 1.55. The summed E-state index contributed by atoms with van der Waals surface area (Å²) in [6.45, 7) is 5.01. The maximum Gasteiger partial charge on any atom is 0.0283 e. The standard InChI is InChI=1S/C20H29BrN2/c21-18-9-4-6-16(14-18)15-23-13-12-22-11-5-10-19(22)20(23)17-7-2-1-3-8-17/h4,6,9,14,17,19-20H,1-3,5,7-8,10-13,15H2. The fourth-order valence-corrected chi connectivity index (χ4v) is 5.75. The zero-order valence-corrected chi connectivity index (χ0v) is 15.7. The van der Waals surface area contributed by atoms with E-state index >= 15 is 0 Å². The van der Waals surface area contributed by atoms with Gasteiger partial charge in [-0.25, -0.2) is 0 Å². The first-order valence-corrected chi connectivity index (χ1v) is 10.3. The largest absolute Gasteiger partial charge is 0.298 e. The van der Waals surface area contributed by atoms with Crippen LogP contribution < -0.4 is 0 Å². The van der Waals surface area contributed by atoms with Crippen molar-refractivity contribution in [2.75, 3.05) is 19.6 Å². The zero-order chi connectivity index (χ0) is 15.6. The number of benzene rings is 1. The minimum absolute atomic E-state index is 0.797. The van der Waals surface area contributed by atoms with Crippen LogP contribution in [0.3, 0.4) is 0 Å². The smallest absolute Gasteiger partial charge is 0.0283 e. The predicted octanol–water partition coefficient (Wildman–Crippen LogP) is 4.68. The molecule has 0 bridgehead atoms. The number of halogens is 1. The molecule has 3 aliphatic rings. The van der Waals surface area contributed by atoms with Crippen molar-refractivity contribution in [1.82, 2.24) is 9.80 Å². The Morgan fingerprint density at radius 1 is 0.957 bits per heavy atom. The van der Waals surface area contributed by atoms with Crippen LogP contribution in [0.2, 0.25) is 0 Å². The van der Waals surface area contributed by atoms with Gasteiger partial charge in [0.2, 0.25) is 0 Å². The van der Waals surface area contributed by atoms with Crippen LogP contribution in [0, 0.1) is 5.92 Å². The van der Waals surface area contributed by atoms with E-state index in [9.17, 15) is 0 Å². The molecular formula is C20H29BrN2. The Bertz CT molecular complexity index is 526. The normalized spacial score (nSPS) is 30.5. The molecule has 0 amide bonds. The highest BCUT2D eigenvalue weighted by molar-refractivity contribution is 9.10. The van der Waals surface area contributed by atoms with E-state index < -0.39 is 0 Å². The summed E-state index contributed by atoms with van der Waals surface area (Å²) in [5.74, 6) is 0.932. The van der Waals surface area contributed by atoms with Crippen LogP contribution in [-0.2, 0) is 6.54 Å². The van der Waals surface area contributed by atoms with Crippen LogP contribution in [0.1, 0.15) is 50.5 Å². The fourth-order valence-electron chi connectivity index (χ4n) is 5.31. The second-order valence-corrected chi connectivity index (χ2v) is 8.65. The van der Waals surface area contributed by atoms with Crippen LogP contribution in [0.25, 0.3) is 0 Å². The molecule has 0 spiro atoms. The lowest BCUT2D eigenvalue weighted by molar-refractivity contribution is -0.00380. The number of rotatable bonds is 3. The third kappa shape index (κ3) is 3.52. The van der Waals surface area contributed by atoms with Gasteiger partial charge in [-0.3, -0.25) is 9.80 Å². The Morgan fingerprint density at radius 3 is 2.65 bits per heavy atom. The lowest BCUT2D eigenvalue weighted by Gasteiger charge is -2.49. The van der Waals surface area contributed by atoms with E-state index in [0.29, 0.717) is 0 Å². The van der Waals surface area contributed by atoms with Gasteiger partial charge in [0.25, 0.3) is 0 Å². The molecule has 2 atom stereocenters. The van der Waals surface area contributed by atoms with Crippen molar-refractivity contribution < 1.29 is 0 Å². The minimum atomic E-state index is 0.797. The molecule has 2 unspecified atom stereocenters. The molecule has 2 aliphatic heterocycles. The molecular weight excluding hydrogens is 348 g/mol. The van der Waals surface area contributed by atoms with Gasteiger partial charge in [0.15, 0.2) is 0 Å². The lowest BCUT2D eigenvalue weighted by atomic mass is 9.78. The maximum absolute atomic E-state index is 3.64. The van der Waals surface area contributed by atoms with Gasteiger partial charge < -0.3 is 0 Å². The van der Waals surface area contributed by atoms with Crippen LogP contribution in [0.15, 0.2) is 28.7 Å². The SMILES string of the molecule is Brc1cccc(CN2CCN3CCCC3C2C2CCCCC2)c1. The van der Waals surface area contributed by atoms with Gasteiger partial charge in [-0.05, 0) is 55.8 Å². The average molecular weight is 377 g/mol.